The number of sulfonamides is 1. The first kappa shape index (κ1) is 21.2. The molecule has 0 saturated carbocycles. The summed E-state index contributed by atoms with van der Waals surface area (Å²) in [5, 5.41) is 6.16. The minimum Gasteiger partial charge on any atom is -0.364 e. The van der Waals surface area contributed by atoms with E-state index in [9.17, 15) is 17.6 Å². The lowest BCUT2D eigenvalue weighted by Gasteiger charge is -2.16. The van der Waals surface area contributed by atoms with Crippen LogP contribution in [0.5, 0.6) is 0 Å². The van der Waals surface area contributed by atoms with Gasteiger partial charge in [0.1, 0.15) is 6.26 Å². The monoisotopic (exact) mass is 529 g/mol. The van der Waals surface area contributed by atoms with E-state index >= 15 is 0 Å². The summed E-state index contributed by atoms with van der Waals surface area (Å²) in [4.78, 5) is 12.1. The Balaban J connectivity index is 1.81. The highest BCUT2D eigenvalue weighted by Crippen LogP contribution is 2.34. The number of rotatable bonds is 6. The van der Waals surface area contributed by atoms with E-state index in [1.807, 2.05) is 0 Å². The first-order valence-corrected chi connectivity index (χ1v) is 11.0. The average Bonchev–Trinajstić information content (AvgIpc) is 3.15. The molecule has 0 fully saturated rings. The third-order valence-electron chi connectivity index (χ3n) is 4.01. The van der Waals surface area contributed by atoms with Crippen molar-refractivity contribution in [2.45, 2.75) is 22.4 Å². The first-order valence-electron chi connectivity index (χ1n) is 8.40. The van der Waals surface area contributed by atoms with E-state index in [-0.39, 0.29) is 16.3 Å². The number of carbonyl (C=O) groups excluding carboxylic acids is 1. The molecule has 0 aliphatic rings. The minimum atomic E-state index is -3.91. The number of amides is 1. The summed E-state index contributed by atoms with van der Waals surface area (Å²) in [6.07, 6.45) is 1.28. The van der Waals surface area contributed by atoms with E-state index in [0.717, 1.165) is 0 Å². The van der Waals surface area contributed by atoms with Gasteiger partial charge in [0.2, 0.25) is 0 Å². The van der Waals surface area contributed by atoms with Crippen molar-refractivity contribution in [2.24, 2.45) is 0 Å². The van der Waals surface area contributed by atoms with Crippen LogP contribution in [0.2, 0.25) is 0 Å². The highest BCUT2D eigenvalue weighted by Gasteiger charge is 2.23. The number of aryl methyl sites for hydroxylation is 1. The molecule has 2 N–H and O–H groups in total. The zero-order valence-electron chi connectivity index (χ0n) is 15.4. The van der Waals surface area contributed by atoms with Gasteiger partial charge in [0, 0.05) is 23.0 Å². The Hall–Kier alpha value is -2.47. The molecule has 0 bridgehead atoms. The molecule has 0 aliphatic carbocycles. The predicted octanol–water partition coefficient (Wildman–Crippen LogP) is 4.61. The fourth-order valence-corrected chi connectivity index (χ4v) is 4.23. The maximum absolute atomic E-state index is 14.1. The van der Waals surface area contributed by atoms with Crippen LogP contribution in [0.1, 0.15) is 28.5 Å². The summed E-state index contributed by atoms with van der Waals surface area (Å²) in [6.45, 7) is 3.00. The van der Waals surface area contributed by atoms with Crippen LogP contribution in [0.15, 0.2) is 64.2 Å². The molecule has 29 heavy (non-hydrogen) atoms. The standard InChI is InChI=1S/C19H17FIN3O4S/c1-12-10-14(22-18(25)16-8-9-28-23-16)6-7-17(12)29(26,27)24-15-5-3-4-13(11-15)19(2,20)21/h3-11,24H,1-2H3,(H,22,25). The lowest BCUT2D eigenvalue weighted by atomic mass is 10.1. The number of hydrogen-bond acceptors (Lipinski definition) is 5. The molecule has 3 aromatic rings. The molecule has 7 nitrogen and oxygen atoms in total. The maximum Gasteiger partial charge on any atom is 0.277 e. The van der Waals surface area contributed by atoms with Gasteiger partial charge in [-0.2, -0.15) is 0 Å². The van der Waals surface area contributed by atoms with Crippen LogP contribution >= 0.6 is 22.6 Å². The summed E-state index contributed by atoms with van der Waals surface area (Å²) in [5.74, 6) is -0.475. The van der Waals surface area contributed by atoms with E-state index in [2.05, 4.69) is 19.7 Å². The quantitative estimate of drug-likeness (QED) is 0.359. The number of nitrogens with one attached hydrogen (secondary N) is 2. The molecule has 1 aromatic heterocycles. The highest BCUT2D eigenvalue weighted by atomic mass is 127. The number of alkyl halides is 2. The number of halogens is 2. The molecule has 1 heterocycles. The number of anilines is 2. The summed E-state index contributed by atoms with van der Waals surface area (Å²) in [5.41, 5.74) is 1.55. The van der Waals surface area contributed by atoms with E-state index < -0.39 is 19.6 Å². The number of benzene rings is 2. The van der Waals surface area contributed by atoms with Gasteiger partial charge in [-0.3, -0.25) is 9.52 Å². The van der Waals surface area contributed by atoms with E-state index in [0.29, 0.717) is 16.8 Å². The van der Waals surface area contributed by atoms with Gasteiger partial charge in [-0.05, 0) is 72.3 Å². The van der Waals surface area contributed by atoms with Gasteiger partial charge in [0.15, 0.2) is 9.37 Å². The second kappa shape index (κ2) is 8.11. The molecular formula is C19H17FIN3O4S. The second-order valence-corrected chi connectivity index (χ2v) is 10.1. The van der Waals surface area contributed by atoms with Crippen LogP contribution in [-0.2, 0) is 13.7 Å². The Morgan fingerprint density at radius 3 is 2.55 bits per heavy atom. The summed E-state index contributed by atoms with van der Waals surface area (Å²) in [6, 6.07) is 12.0. The molecule has 152 valence electrons. The van der Waals surface area contributed by atoms with Crippen molar-refractivity contribution in [1.82, 2.24) is 5.16 Å². The van der Waals surface area contributed by atoms with Crippen molar-refractivity contribution in [2.75, 3.05) is 10.0 Å². The van der Waals surface area contributed by atoms with Gasteiger partial charge in [-0.15, -0.1) is 0 Å². The first-order chi connectivity index (χ1) is 13.6. The number of hydrogen-bond donors (Lipinski definition) is 2. The van der Waals surface area contributed by atoms with Crippen molar-refractivity contribution >= 4 is 49.9 Å². The van der Waals surface area contributed by atoms with Crippen LogP contribution in [-0.4, -0.2) is 19.5 Å². The lowest BCUT2D eigenvalue weighted by molar-refractivity contribution is 0.101. The molecular weight excluding hydrogens is 512 g/mol. The maximum atomic E-state index is 14.1. The van der Waals surface area contributed by atoms with Gasteiger partial charge in [0.05, 0.1) is 4.90 Å². The van der Waals surface area contributed by atoms with Crippen LogP contribution in [0, 0.1) is 6.92 Å². The summed E-state index contributed by atoms with van der Waals surface area (Å²) in [7, 11) is -3.91. The Morgan fingerprint density at radius 2 is 1.93 bits per heavy atom. The summed E-state index contributed by atoms with van der Waals surface area (Å²) >= 11 is 1.64. The Kier molecular flexibility index (Phi) is 5.94. The average molecular weight is 529 g/mol. The molecule has 0 saturated heterocycles. The molecule has 0 aliphatic heterocycles. The van der Waals surface area contributed by atoms with Crippen molar-refractivity contribution in [3.63, 3.8) is 0 Å². The number of nitrogens with zero attached hydrogens (tertiary/aromatic N) is 1. The van der Waals surface area contributed by atoms with Crippen LogP contribution in [0.25, 0.3) is 0 Å². The molecule has 2 aromatic carbocycles. The van der Waals surface area contributed by atoms with Crippen molar-refractivity contribution in [3.05, 3.63) is 71.6 Å². The third kappa shape index (κ3) is 5.12. The fourth-order valence-electron chi connectivity index (χ4n) is 2.62. The highest BCUT2D eigenvalue weighted by molar-refractivity contribution is 14.1. The largest absolute Gasteiger partial charge is 0.364 e. The Bertz CT molecular complexity index is 1140. The smallest absolute Gasteiger partial charge is 0.277 e. The number of aromatic nitrogens is 1. The molecule has 0 spiro atoms. The minimum absolute atomic E-state index is 0.0415. The summed E-state index contributed by atoms with van der Waals surface area (Å²) < 4.78 is 45.2. The van der Waals surface area contributed by atoms with Crippen molar-refractivity contribution in [1.29, 1.82) is 0 Å². The fraction of sp³-hybridized carbons (Fsp3) is 0.158. The van der Waals surface area contributed by atoms with Gasteiger partial charge < -0.3 is 9.84 Å². The van der Waals surface area contributed by atoms with Gasteiger partial charge in [-0.25, -0.2) is 12.8 Å². The van der Waals surface area contributed by atoms with Gasteiger partial charge in [0.25, 0.3) is 15.9 Å². The second-order valence-electron chi connectivity index (χ2n) is 6.39. The molecule has 0 radical (unpaired) electrons. The van der Waals surface area contributed by atoms with E-state index in [4.69, 9.17) is 0 Å². The van der Waals surface area contributed by atoms with Crippen molar-refractivity contribution in [3.8, 4) is 0 Å². The normalized spacial score (nSPS) is 13.5. The Labute approximate surface area is 180 Å². The van der Waals surface area contributed by atoms with Crippen LogP contribution in [0.3, 0.4) is 0 Å². The topological polar surface area (TPSA) is 101 Å². The van der Waals surface area contributed by atoms with Crippen LogP contribution in [0.4, 0.5) is 15.8 Å². The Morgan fingerprint density at radius 1 is 1.17 bits per heavy atom. The molecule has 1 unspecified atom stereocenters. The molecule has 1 atom stereocenters. The van der Waals surface area contributed by atoms with Crippen molar-refractivity contribution < 1.29 is 22.1 Å². The zero-order valence-corrected chi connectivity index (χ0v) is 18.4. The molecule has 3 rings (SSSR count). The van der Waals surface area contributed by atoms with Gasteiger partial charge >= 0.3 is 0 Å². The van der Waals surface area contributed by atoms with Gasteiger partial charge in [-0.1, -0.05) is 17.3 Å². The molecule has 1 amide bonds. The predicted molar refractivity (Wildman–Crippen MR) is 115 cm³/mol. The SMILES string of the molecule is Cc1cc(NC(=O)c2ccon2)ccc1S(=O)(=O)Nc1cccc(C(C)(F)I)c1. The third-order valence-corrected chi connectivity index (χ3v) is 6.18. The zero-order chi connectivity index (χ0) is 21.2. The lowest BCUT2D eigenvalue weighted by Crippen LogP contribution is -2.16. The number of carbonyl (C=O) groups is 1. The molecule has 10 heteroatoms. The van der Waals surface area contributed by atoms with E-state index in [1.165, 1.54) is 43.5 Å². The van der Waals surface area contributed by atoms with E-state index in [1.54, 1.807) is 47.7 Å². The van der Waals surface area contributed by atoms with Crippen LogP contribution < -0.4 is 10.0 Å².